The van der Waals surface area contributed by atoms with Gasteiger partial charge in [-0.15, -0.1) is 0 Å². The second kappa shape index (κ2) is 12.6. The molecule has 1 aliphatic carbocycles. The predicted octanol–water partition coefficient (Wildman–Crippen LogP) is 6.52. The third kappa shape index (κ3) is 6.34. The van der Waals surface area contributed by atoms with Gasteiger partial charge in [-0.2, -0.15) is 5.10 Å². The number of rotatable bonds is 5. The lowest BCUT2D eigenvalue weighted by Crippen LogP contribution is -2.52. The smallest absolute Gasteiger partial charge is 0.407 e. The second-order valence-electron chi connectivity index (χ2n) is 13.9. The Hall–Kier alpha value is -3.26. The van der Waals surface area contributed by atoms with E-state index in [1.54, 1.807) is 6.07 Å². The molecule has 4 aromatic rings. The number of nitrogens with one attached hydrogen (secondary N) is 2. The van der Waals surface area contributed by atoms with Crippen LogP contribution in [-0.4, -0.2) is 66.8 Å². The van der Waals surface area contributed by atoms with Gasteiger partial charge in [0, 0.05) is 29.0 Å². The van der Waals surface area contributed by atoms with Crippen molar-refractivity contribution >= 4 is 51.5 Å². The van der Waals surface area contributed by atoms with Crippen LogP contribution in [0.15, 0.2) is 39.4 Å². The molecule has 3 fully saturated rings. The molecule has 2 N–H and O–H groups in total. The molecule has 7 rings (SSSR count). The van der Waals surface area contributed by atoms with E-state index in [0.717, 1.165) is 50.6 Å². The molecule has 1 amide bonds. The summed E-state index contributed by atoms with van der Waals surface area (Å²) < 4.78 is 19.7. The van der Waals surface area contributed by atoms with Crippen LogP contribution in [0.25, 0.3) is 22.1 Å². The highest BCUT2D eigenvalue weighted by molar-refractivity contribution is 7.99. The van der Waals surface area contributed by atoms with Gasteiger partial charge >= 0.3 is 6.09 Å². The molecule has 0 radical (unpaired) electrons. The summed E-state index contributed by atoms with van der Waals surface area (Å²) in [5, 5.41) is 9.41. The molecular formula is C33H40ClN7O5S. The van der Waals surface area contributed by atoms with Gasteiger partial charge in [-0.25, -0.2) is 24.4 Å². The maximum absolute atomic E-state index is 12.7. The Kier molecular flexibility index (Phi) is 8.69. The third-order valence-electron chi connectivity index (χ3n) is 9.57. The summed E-state index contributed by atoms with van der Waals surface area (Å²) in [4.78, 5) is 42.9. The maximum atomic E-state index is 12.7. The van der Waals surface area contributed by atoms with Gasteiger partial charge in [-0.3, -0.25) is 4.79 Å². The lowest BCUT2D eigenvalue weighted by Gasteiger charge is -2.41. The van der Waals surface area contributed by atoms with E-state index in [1.165, 1.54) is 18.1 Å². The van der Waals surface area contributed by atoms with Gasteiger partial charge in [0.15, 0.2) is 16.9 Å². The molecule has 3 aromatic heterocycles. The fraction of sp³-hybridized carbons (Fsp3) is 0.576. The molecule has 47 heavy (non-hydrogen) atoms. The number of hydrogen-bond acceptors (Lipinski definition) is 10. The van der Waals surface area contributed by atoms with Crippen molar-refractivity contribution in [1.82, 2.24) is 35.0 Å². The molecule has 3 atom stereocenters. The highest BCUT2D eigenvalue weighted by atomic mass is 35.5. The number of halogens is 1. The van der Waals surface area contributed by atoms with Crippen molar-refractivity contribution in [3.63, 3.8) is 0 Å². The number of ether oxygens (including phenoxy) is 3. The van der Waals surface area contributed by atoms with Crippen molar-refractivity contribution in [2.24, 2.45) is 5.41 Å². The molecular weight excluding hydrogens is 642 g/mol. The van der Waals surface area contributed by atoms with Crippen molar-refractivity contribution in [3.05, 3.63) is 45.7 Å². The van der Waals surface area contributed by atoms with Gasteiger partial charge in [0.25, 0.3) is 5.56 Å². The lowest BCUT2D eigenvalue weighted by atomic mass is 9.66. The molecule has 3 aliphatic rings. The number of nitrogens with zero attached hydrogens (tertiary/aromatic N) is 5. The van der Waals surface area contributed by atoms with Gasteiger partial charge < -0.3 is 24.5 Å². The maximum Gasteiger partial charge on any atom is 0.407 e. The normalized spacial score (nSPS) is 26.7. The van der Waals surface area contributed by atoms with Crippen LogP contribution >= 0.6 is 23.4 Å². The summed E-state index contributed by atoms with van der Waals surface area (Å²) in [6, 6.07) is 3.51. The van der Waals surface area contributed by atoms with Gasteiger partial charge in [0.05, 0.1) is 46.7 Å². The first-order valence-electron chi connectivity index (χ1n) is 16.3. The summed E-state index contributed by atoms with van der Waals surface area (Å²) >= 11 is 8.10. The zero-order valence-corrected chi connectivity index (χ0v) is 28.6. The molecule has 1 spiro atoms. The highest BCUT2D eigenvalue weighted by Crippen LogP contribution is 2.49. The Morgan fingerprint density at radius 2 is 1.98 bits per heavy atom. The van der Waals surface area contributed by atoms with Gasteiger partial charge in [0.2, 0.25) is 0 Å². The van der Waals surface area contributed by atoms with Crippen LogP contribution in [0.3, 0.4) is 0 Å². The number of aromatic amines is 1. The molecule has 12 nitrogen and oxygen atoms in total. The van der Waals surface area contributed by atoms with Crippen LogP contribution < -0.4 is 10.9 Å². The second-order valence-corrected chi connectivity index (χ2v) is 15.3. The Balaban J connectivity index is 1.16. The van der Waals surface area contributed by atoms with E-state index in [9.17, 15) is 9.59 Å². The molecule has 1 saturated carbocycles. The molecule has 14 heteroatoms. The Labute approximate surface area is 281 Å². The van der Waals surface area contributed by atoms with E-state index >= 15 is 0 Å². The molecule has 0 bridgehead atoms. The van der Waals surface area contributed by atoms with Crippen LogP contribution in [-0.2, 0) is 14.2 Å². The summed E-state index contributed by atoms with van der Waals surface area (Å²) in [7, 11) is 0. The Bertz CT molecular complexity index is 1860. The summed E-state index contributed by atoms with van der Waals surface area (Å²) in [5.74, 6) is 0.205. The molecule has 1 unspecified atom stereocenters. The molecule has 2 aliphatic heterocycles. The average molecular weight is 682 g/mol. The number of alkyl carbamates (subject to hydrolysis) is 1. The number of benzene rings is 1. The van der Waals surface area contributed by atoms with E-state index in [2.05, 4.69) is 15.3 Å². The number of aromatic nitrogens is 6. The first-order valence-corrected chi connectivity index (χ1v) is 17.5. The van der Waals surface area contributed by atoms with Crippen LogP contribution in [0, 0.1) is 5.41 Å². The van der Waals surface area contributed by atoms with Crippen molar-refractivity contribution in [2.75, 3.05) is 13.2 Å². The van der Waals surface area contributed by atoms with E-state index in [4.69, 9.17) is 40.9 Å². The summed E-state index contributed by atoms with van der Waals surface area (Å²) in [6.45, 7) is 8.90. The van der Waals surface area contributed by atoms with Crippen LogP contribution in [0.5, 0.6) is 0 Å². The standard InChI is InChI=1S/C33H40ClN7O5S/c1-18-27(39-31(43)46-32(2,3)4)33(16-45-18)12-10-19(11-13-33)21-15-35-26-28(38-21)41(23-7-5-6-14-44-23)40-30(26)47-22-9-8-20-24(25(22)34)29(42)37-17-36-20/h8-9,15,17-19,23,27H,5-7,10-14,16H2,1-4H3,(H,39,43)(H,36,37,42)/t18-,19?,23?,27+,33?/m0/s1. The number of amides is 1. The third-order valence-corrected chi connectivity index (χ3v) is 11.1. The highest BCUT2D eigenvalue weighted by Gasteiger charge is 2.51. The fourth-order valence-corrected chi connectivity index (χ4v) is 8.46. The number of fused-ring (bicyclic) bond motifs is 2. The largest absolute Gasteiger partial charge is 0.444 e. The van der Waals surface area contributed by atoms with E-state index in [-0.39, 0.29) is 35.3 Å². The zero-order valence-electron chi connectivity index (χ0n) is 27.0. The van der Waals surface area contributed by atoms with Crippen molar-refractivity contribution in [3.8, 4) is 0 Å². The minimum atomic E-state index is -0.569. The molecule has 250 valence electrons. The van der Waals surface area contributed by atoms with E-state index < -0.39 is 11.7 Å². The molecule has 1 aromatic carbocycles. The minimum absolute atomic E-state index is 0.0956. The average Bonchev–Trinajstić information content (AvgIpc) is 3.55. The quantitative estimate of drug-likeness (QED) is 0.239. The monoisotopic (exact) mass is 681 g/mol. The molecule has 5 heterocycles. The number of carbonyl (C=O) groups is 1. The first-order chi connectivity index (χ1) is 22.5. The van der Waals surface area contributed by atoms with Crippen molar-refractivity contribution in [2.45, 2.75) is 112 Å². The Morgan fingerprint density at radius 1 is 1.17 bits per heavy atom. The van der Waals surface area contributed by atoms with Gasteiger partial charge in [-0.05, 0) is 84.8 Å². The minimum Gasteiger partial charge on any atom is -0.444 e. The van der Waals surface area contributed by atoms with Crippen molar-refractivity contribution < 1.29 is 19.0 Å². The molecule has 2 saturated heterocycles. The van der Waals surface area contributed by atoms with Crippen LogP contribution in [0.2, 0.25) is 5.02 Å². The van der Waals surface area contributed by atoms with Crippen molar-refractivity contribution in [1.29, 1.82) is 0 Å². The first kappa shape index (κ1) is 32.3. The number of H-pyrrole nitrogens is 1. The topological polar surface area (TPSA) is 146 Å². The van der Waals surface area contributed by atoms with Gasteiger partial charge in [-0.1, -0.05) is 23.4 Å². The Morgan fingerprint density at radius 3 is 2.72 bits per heavy atom. The predicted molar refractivity (Wildman–Crippen MR) is 178 cm³/mol. The summed E-state index contributed by atoms with van der Waals surface area (Å²) in [5.41, 5.74) is 1.78. The van der Waals surface area contributed by atoms with E-state index in [0.29, 0.717) is 50.2 Å². The lowest BCUT2D eigenvalue weighted by molar-refractivity contribution is -0.0376. The van der Waals surface area contributed by atoms with Crippen LogP contribution in [0.1, 0.15) is 90.5 Å². The number of hydrogen-bond donors (Lipinski definition) is 2. The SMILES string of the molecule is C[C@@H]1OCC2(CCC(c3cnc4c(Sc5ccc6nc[nH]c(=O)c6c5Cl)nn(C5CCCCO5)c4n3)CC2)[C@@H]1NC(=O)OC(C)(C)C. The fourth-order valence-electron chi connectivity index (χ4n) is 7.19. The van der Waals surface area contributed by atoms with Crippen LogP contribution in [0.4, 0.5) is 4.79 Å². The summed E-state index contributed by atoms with van der Waals surface area (Å²) in [6.07, 6.45) is 8.96. The van der Waals surface area contributed by atoms with E-state index in [1.807, 2.05) is 44.6 Å². The zero-order chi connectivity index (χ0) is 32.9. The van der Waals surface area contributed by atoms with Gasteiger partial charge in [0.1, 0.15) is 11.1 Å². The number of carbonyl (C=O) groups excluding carboxylic acids is 1.